The Morgan fingerprint density at radius 3 is 1.82 bits per heavy atom. The number of aromatic carboxylic acids is 1. The number of rotatable bonds is 5. The lowest BCUT2D eigenvalue weighted by Gasteiger charge is -2.05. The molecule has 6 heteroatoms. The van der Waals surface area contributed by atoms with Gasteiger partial charge in [-0.25, -0.2) is 13.2 Å². The van der Waals surface area contributed by atoms with E-state index in [1.807, 2.05) is 6.07 Å². The molecular formula is C16H13NO4S. The van der Waals surface area contributed by atoms with Gasteiger partial charge in [-0.05, 0) is 35.4 Å². The van der Waals surface area contributed by atoms with E-state index in [4.69, 9.17) is 10.4 Å². The van der Waals surface area contributed by atoms with E-state index in [1.54, 1.807) is 24.3 Å². The minimum atomic E-state index is -3.37. The Balaban J connectivity index is 2.10. The van der Waals surface area contributed by atoms with Crippen molar-refractivity contribution in [2.75, 3.05) is 0 Å². The Hall–Kier alpha value is -2.65. The summed E-state index contributed by atoms with van der Waals surface area (Å²) < 4.78 is 24.3. The Morgan fingerprint density at radius 1 is 0.955 bits per heavy atom. The molecule has 1 N–H and O–H groups in total. The summed E-state index contributed by atoms with van der Waals surface area (Å²) in [5.41, 5.74) is 1.75. The van der Waals surface area contributed by atoms with E-state index in [1.165, 1.54) is 24.3 Å². The van der Waals surface area contributed by atoms with Gasteiger partial charge in [0, 0.05) is 0 Å². The summed E-state index contributed by atoms with van der Waals surface area (Å²) in [6.45, 7) is 0. The van der Waals surface area contributed by atoms with Gasteiger partial charge in [0.05, 0.1) is 28.7 Å². The smallest absolute Gasteiger partial charge is 0.335 e. The highest BCUT2D eigenvalue weighted by Gasteiger charge is 2.14. The van der Waals surface area contributed by atoms with Gasteiger partial charge in [0.2, 0.25) is 0 Å². The molecule has 0 aliphatic heterocycles. The third-order valence-electron chi connectivity index (χ3n) is 3.06. The molecule has 0 aliphatic carbocycles. The SMILES string of the molecule is N#Cc1ccc(CS(=O)(=O)Cc2ccc(C(=O)O)cc2)cc1. The van der Waals surface area contributed by atoms with Crippen molar-refractivity contribution in [1.29, 1.82) is 5.26 Å². The Labute approximate surface area is 128 Å². The number of nitriles is 1. The number of nitrogens with zero attached hydrogens (tertiary/aromatic N) is 1. The van der Waals surface area contributed by atoms with Crippen molar-refractivity contribution < 1.29 is 18.3 Å². The largest absolute Gasteiger partial charge is 0.478 e. The lowest BCUT2D eigenvalue weighted by atomic mass is 10.1. The predicted octanol–water partition coefficient (Wildman–Crippen LogP) is 2.37. The van der Waals surface area contributed by atoms with Crippen molar-refractivity contribution >= 4 is 15.8 Å². The maximum absolute atomic E-state index is 12.2. The van der Waals surface area contributed by atoms with Crippen LogP contribution in [0.4, 0.5) is 0 Å². The normalized spacial score (nSPS) is 10.9. The molecule has 2 aromatic rings. The molecule has 0 amide bonds. The molecule has 2 aromatic carbocycles. The number of carboxylic acids is 1. The molecule has 112 valence electrons. The maximum atomic E-state index is 12.2. The zero-order valence-electron chi connectivity index (χ0n) is 11.6. The number of hydrogen-bond acceptors (Lipinski definition) is 4. The molecule has 0 fully saturated rings. The van der Waals surface area contributed by atoms with Crippen molar-refractivity contribution in [3.05, 3.63) is 70.8 Å². The zero-order valence-corrected chi connectivity index (χ0v) is 12.4. The average molecular weight is 315 g/mol. The molecule has 0 saturated heterocycles. The maximum Gasteiger partial charge on any atom is 0.335 e. The molecule has 0 heterocycles. The van der Waals surface area contributed by atoms with Crippen LogP contribution in [0.5, 0.6) is 0 Å². The zero-order chi connectivity index (χ0) is 16.2. The molecule has 0 atom stereocenters. The van der Waals surface area contributed by atoms with E-state index in [-0.39, 0.29) is 17.1 Å². The summed E-state index contributed by atoms with van der Waals surface area (Å²) in [7, 11) is -3.37. The van der Waals surface area contributed by atoms with E-state index < -0.39 is 15.8 Å². The lowest BCUT2D eigenvalue weighted by Crippen LogP contribution is -2.08. The number of carboxylic acid groups (broad SMARTS) is 1. The number of benzene rings is 2. The summed E-state index contributed by atoms with van der Waals surface area (Å²) in [5, 5.41) is 17.5. The number of sulfone groups is 1. The topological polar surface area (TPSA) is 95.2 Å². The van der Waals surface area contributed by atoms with Crippen LogP contribution in [-0.4, -0.2) is 19.5 Å². The van der Waals surface area contributed by atoms with Crippen LogP contribution in [0.2, 0.25) is 0 Å². The van der Waals surface area contributed by atoms with Crippen LogP contribution >= 0.6 is 0 Å². The highest BCUT2D eigenvalue weighted by molar-refractivity contribution is 7.89. The quantitative estimate of drug-likeness (QED) is 0.914. The molecule has 0 aromatic heterocycles. The first kappa shape index (κ1) is 15.7. The van der Waals surface area contributed by atoms with E-state index >= 15 is 0 Å². The van der Waals surface area contributed by atoms with Crippen molar-refractivity contribution in [2.45, 2.75) is 11.5 Å². The van der Waals surface area contributed by atoms with Crippen molar-refractivity contribution in [2.24, 2.45) is 0 Å². The average Bonchev–Trinajstić information content (AvgIpc) is 2.47. The van der Waals surface area contributed by atoms with Gasteiger partial charge in [-0.15, -0.1) is 0 Å². The highest BCUT2D eigenvalue weighted by atomic mass is 32.2. The molecule has 0 saturated carbocycles. The van der Waals surface area contributed by atoms with Crippen LogP contribution in [0.1, 0.15) is 27.0 Å². The first-order valence-electron chi connectivity index (χ1n) is 6.41. The molecule has 0 bridgehead atoms. The van der Waals surface area contributed by atoms with Gasteiger partial charge in [0.15, 0.2) is 9.84 Å². The lowest BCUT2D eigenvalue weighted by molar-refractivity contribution is 0.0697. The molecule has 0 aliphatic rings. The summed E-state index contributed by atoms with van der Waals surface area (Å²) in [5.74, 6) is -1.33. The second kappa shape index (κ2) is 6.41. The van der Waals surface area contributed by atoms with Gasteiger partial charge in [-0.3, -0.25) is 0 Å². The summed E-state index contributed by atoms with van der Waals surface area (Å²) in [6, 6.07) is 14.1. The van der Waals surface area contributed by atoms with Crippen LogP contribution in [0.3, 0.4) is 0 Å². The van der Waals surface area contributed by atoms with Gasteiger partial charge in [0.25, 0.3) is 0 Å². The fourth-order valence-electron chi connectivity index (χ4n) is 1.98. The van der Waals surface area contributed by atoms with Crippen LogP contribution in [-0.2, 0) is 21.3 Å². The first-order chi connectivity index (χ1) is 10.4. The highest BCUT2D eigenvalue weighted by Crippen LogP contribution is 2.14. The van der Waals surface area contributed by atoms with E-state index in [2.05, 4.69) is 0 Å². The summed E-state index contributed by atoms with van der Waals surface area (Å²) >= 11 is 0. The van der Waals surface area contributed by atoms with E-state index in [0.29, 0.717) is 16.7 Å². The van der Waals surface area contributed by atoms with Crippen molar-refractivity contribution in [3.8, 4) is 6.07 Å². The second-order valence-electron chi connectivity index (χ2n) is 4.84. The van der Waals surface area contributed by atoms with E-state index in [0.717, 1.165) is 0 Å². The van der Waals surface area contributed by atoms with Gasteiger partial charge >= 0.3 is 5.97 Å². The Kier molecular flexibility index (Phi) is 4.59. The first-order valence-corrected chi connectivity index (χ1v) is 8.23. The van der Waals surface area contributed by atoms with Gasteiger partial charge in [-0.1, -0.05) is 24.3 Å². The third kappa shape index (κ3) is 4.17. The molecule has 2 rings (SSSR count). The van der Waals surface area contributed by atoms with Crippen LogP contribution < -0.4 is 0 Å². The van der Waals surface area contributed by atoms with Gasteiger partial charge < -0.3 is 5.11 Å². The predicted molar refractivity (Wildman–Crippen MR) is 80.9 cm³/mol. The van der Waals surface area contributed by atoms with Crippen LogP contribution in [0.25, 0.3) is 0 Å². The summed E-state index contributed by atoms with van der Waals surface area (Å²) in [6.07, 6.45) is 0. The molecule has 0 spiro atoms. The van der Waals surface area contributed by atoms with Crippen molar-refractivity contribution in [1.82, 2.24) is 0 Å². The Morgan fingerprint density at radius 2 is 1.41 bits per heavy atom. The van der Waals surface area contributed by atoms with Crippen molar-refractivity contribution in [3.63, 3.8) is 0 Å². The molecular weight excluding hydrogens is 302 g/mol. The minimum absolute atomic E-state index is 0.119. The van der Waals surface area contributed by atoms with Gasteiger partial charge in [0.1, 0.15) is 0 Å². The third-order valence-corrected chi connectivity index (χ3v) is 4.60. The minimum Gasteiger partial charge on any atom is -0.478 e. The van der Waals surface area contributed by atoms with E-state index in [9.17, 15) is 13.2 Å². The summed E-state index contributed by atoms with van der Waals surface area (Å²) in [4.78, 5) is 10.7. The fourth-order valence-corrected chi connectivity index (χ4v) is 3.48. The Bertz CT molecular complexity index is 816. The van der Waals surface area contributed by atoms with Gasteiger partial charge in [-0.2, -0.15) is 5.26 Å². The second-order valence-corrected chi connectivity index (χ2v) is 6.91. The number of hydrogen-bond donors (Lipinski definition) is 1. The van der Waals surface area contributed by atoms with Crippen LogP contribution in [0, 0.1) is 11.3 Å². The molecule has 5 nitrogen and oxygen atoms in total. The molecule has 22 heavy (non-hydrogen) atoms. The molecule has 0 unspecified atom stereocenters. The number of carbonyl (C=O) groups is 1. The standard InChI is InChI=1S/C16H13NO4S/c17-9-12-1-3-13(4-2-12)10-22(20,21)11-14-5-7-15(8-6-14)16(18)19/h1-8H,10-11H2,(H,18,19). The van der Waals surface area contributed by atoms with Crippen LogP contribution in [0.15, 0.2) is 48.5 Å². The fraction of sp³-hybridized carbons (Fsp3) is 0.125. The molecule has 0 radical (unpaired) electrons. The monoisotopic (exact) mass is 315 g/mol.